The highest BCUT2D eigenvalue weighted by molar-refractivity contribution is 6.01. The third-order valence-corrected chi connectivity index (χ3v) is 1.91. The molecule has 2 N–H and O–H groups in total. The van der Waals surface area contributed by atoms with Gasteiger partial charge >= 0.3 is 12.4 Å². The average Bonchev–Trinajstić information content (AvgIpc) is 2.28. The van der Waals surface area contributed by atoms with Crippen LogP contribution in [0.3, 0.4) is 0 Å². The first kappa shape index (κ1) is 12.9. The van der Waals surface area contributed by atoms with Crippen molar-refractivity contribution in [1.29, 1.82) is 0 Å². The van der Waals surface area contributed by atoms with Crippen molar-refractivity contribution < 1.29 is 28.2 Å². The molecule has 0 atom stereocenters. The summed E-state index contributed by atoms with van der Waals surface area (Å²) in [5.74, 6) is -2.66. The van der Waals surface area contributed by atoms with Gasteiger partial charge in [-0.25, -0.2) is 4.79 Å². The van der Waals surface area contributed by atoms with Gasteiger partial charge in [-0.3, -0.25) is 4.79 Å². The molecule has 17 heavy (non-hydrogen) atoms. The van der Waals surface area contributed by atoms with Crippen LogP contribution < -0.4 is 10.1 Å². The zero-order chi connectivity index (χ0) is 13.0. The number of aromatic carboxylic acids is 1. The predicted octanol–water partition coefficient (Wildman–Crippen LogP) is 1.60. The minimum Gasteiger partial charge on any atom is -0.497 e. The monoisotopic (exact) mass is 245 g/mol. The second-order valence-corrected chi connectivity index (χ2v) is 3.01. The van der Waals surface area contributed by atoms with Gasteiger partial charge < -0.3 is 15.2 Å². The molecule has 5 nitrogen and oxygen atoms in total. The number of hydrogen-bond acceptors (Lipinski definition) is 3. The van der Waals surface area contributed by atoms with Crippen LogP contribution >= 0.6 is 0 Å². The maximum Gasteiger partial charge on any atom is 0.337 e. The standard InChI is InChI=1S/C10H9F2NO4/c1-17-5-2-3-6(10(15)16)7(4-5)13-9(14)8(11)12/h2-4,8H,1H3,(H,13,14)(H,15,16). The van der Waals surface area contributed by atoms with Crippen LogP contribution in [0.5, 0.6) is 5.75 Å². The van der Waals surface area contributed by atoms with Crippen LogP contribution in [-0.2, 0) is 4.79 Å². The fourth-order valence-electron chi connectivity index (χ4n) is 1.13. The van der Waals surface area contributed by atoms with E-state index in [1.54, 1.807) is 0 Å². The van der Waals surface area contributed by atoms with Crippen molar-refractivity contribution in [2.75, 3.05) is 12.4 Å². The summed E-state index contributed by atoms with van der Waals surface area (Å²) in [5.41, 5.74) is -0.526. The van der Waals surface area contributed by atoms with Crippen molar-refractivity contribution in [3.63, 3.8) is 0 Å². The number of halogens is 2. The summed E-state index contributed by atoms with van der Waals surface area (Å²) in [6, 6.07) is 3.66. The number of anilines is 1. The van der Waals surface area contributed by atoms with Gasteiger partial charge in [0.05, 0.1) is 18.4 Å². The molecule has 0 aliphatic carbocycles. The van der Waals surface area contributed by atoms with E-state index < -0.39 is 18.3 Å². The van der Waals surface area contributed by atoms with Gasteiger partial charge in [-0.05, 0) is 12.1 Å². The molecule has 1 amide bonds. The molecule has 1 rings (SSSR count). The Hall–Kier alpha value is -2.18. The number of methoxy groups -OCH3 is 1. The molecule has 0 aliphatic heterocycles. The number of amides is 1. The Bertz CT molecular complexity index is 448. The fourth-order valence-corrected chi connectivity index (χ4v) is 1.13. The van der Waals surface area contributed by atoms with Crippen LogP contribution in [0.4, 0.5) is 14.5 Å². The van der Waals surface area contributed by atoms with Gasteiger partial charge in [0.25, 0.3) is 5.91 Å². The number of ether oxygens (including phenoxy) is 1. The van der Waals surface area contributed by atoms with Gasteiger partial charge in [0.1, 0.15) is 5.75 Å². The number of carboxylic acids is 1. The zero-order valence-electron chi connectivity index (χ0n) is 8.74. The lowest BCUT2D eigenvalue weighted by atomic mass is 10.1. The maximum atomic E-state index is 12.0. The molecule has 0 saturated heterocycles. The smallest absolute Gasteiger partial charge is 0.337 e. The van der Waals surface area contributed by atoms with Crippen LogP contribution in [0.25, 0.3) is 0 Å². The Morgan fingerprint density at radius 2 is 2.06 bits per heavy atom. The highest BCUT2D eigenvalue weighted by atomic mass is 19.3. The van der Waals surface area contributed by atoms with Crippen LogP contribution in [0.2, 0.25) is 0 Å². The van der Waals surface area contributed by atoms with Crippen molar-refractivity contribution >= 4 is 17.6 Å². The van der Waals surface area contributed by atoms with E-state index in [4.69, 9.17) is 9.84 Å². The lowest BCUT2D eigenvalue weighted by Gasteiger charge is -2.09. The zero-order valence-corrected chi connectivity index (χ0v) is 8.74. The van der Waals surface area contributed by atoms with Crippen LogP contribution in [0.1, 0.15) is 10.4 Å². The lowest BCUT2D eigenvalue weighted by Crippen LogP contribution is -2.21. The Kier molecular flexibility index (Phi) is 3.97. The Morgan fingerprint density at radius 3 is 2.53 bits per heavy atom. The highest BCUT2D eigenvalue weighted by Crippen LogP contribution is 2.23. The normalized spacial score (nSPS) is 10.1. The molecule has 7 heteroatoms. The first-order valence-electron chi connectivity index (χ1n) is 4.46. The molecular formula is C10H9F2NO4. The molecule has 0 bridgehead atoms. The van der Waals surface area contributed by atoms with Crippen LogP contribution in [-0.4, -0.2) is 30.5 Å². The summed E-state index contributed by atoms with van der Waals surface area (Å²) in [7, 11) is 1.33. The van der Waals surface area contributed by atoms with E-state index in [1.165, 1.54) is 13.2 Å². The highest BCUT2D eigenvalue weighted by Gasteiger charge is 2.19. The minimum absolute atomic E-state index is 0.234. The first-order chi connectivity index (χ1) is 7.95. The quantitative estimate of drug-likeness (QED) is 0.844. The van der Waals surface area contributed by atoms with Crippen molar-refractivity contribution in [3.05, 3.63) is 23.8 Å². The molecule has 0 spiro atoms. The first-order valence-corrected chi connectivity index (χ1v) is 4.46. The second kappa shape index (κ2) is 5.24. The summed E-state index contributed by atoms with van der Waals surface area (Å²) in [6.07, 6.45) is -3.22. The van der Waals surface area contributed by atoms with E-state index in [0.29, 0.717) is 0 Å². The average molecular weight is 245 g/mol. The summed E-state index contributed by atoms with van der Waals surface area (Å²) >= 11 is 0. The molecule has 0 unspecified atom stereocenters. The van der Waals surface area contributed by atoms with Gasteiger partial charge in [0, 0.05) is 6.07 Å². The van der Waals surface area contributed by atoms with E-state index in [1.807, 2.05) is 5.32 Å². The van der Waals surface area contributed by atoms with Crippen molar-refractivity contribution in [2.45, 2.75) is 6.43 Å². The SMILES string of the molecule is COc1ccc(C(=O)O)c(NC(=O)C(F)F)c1. The molecule has 0 radical (unpaired) electrons. The van der Waals surface area contributed by atoms with E-state index >= 15 is 0 Å². The number of rotatable bonds is 4. The number of carboxylic acid groups (broad SMARTS) is 1. The Balaban J connectivity index is 3.09. The largest absolute Gasteiger partial charge is 0.497 e. The molecule has 0 saturated carbocycles. The number of benzene rings is 1. The third kappa shape index (κ3) is 3.13. The summed E-state index contributed by atoms with van der Waals surface area (Å²) < 4.78 is 28.9. The fraction of sp³-hybridized carbons (Fsp3) is 0.200. The Morgan fingerprint density at radius 1 is 1.41 bits per heavy atom. The summed E-state index contributed by atoms with van der Waals surface area (Å²) in [5, 5.41) is 10.6. The van der Waals surface area contributed by atoms with Crippen LogP contribution in [0.15, 0.2) is 18.2 Å². The van der Waals surface area contributed by atoms with Gasteiger partial charge in [-0.2, -0.15) is 8.78 Å². The van der Waals surface area contributed by atoms with Gasteiger partial charge in [0.15, 0.2) is 0 Å². The van der Waals surface area contributed by atoms with E-state index in [0.717, 1.165) is 12.1 Å². The number of carbonyl (C=O) groups is 2. The topological polar surface area (TPSA) is 75.6 Å². The minimum atomic E-state index is -3.22. The third-order valence-electron chi connectivity index (χ3n) is 1.91. The molecule has 1 aromatic rings. The van der Waals surface area contributed by atoms with E-state index in [9.17, 15) is 18.4 Å². The molecular weight excluding hydrogens is 236 g/mol. The summed E-state index contributed by atoms with van der Waals surface area (Å²) in [6.45, 7) is 0. The Labute approximate surface area is 95.0 Å². The lowest BCUT2D eigenvalue weighted by molar-refractivity contribution is -0.126. The van der Waals surface area contributed by atoms with Gasteiger partial charge in [-0.15, -0.1) is 0 Å². The predicted molar refractivity (Wildman–Crippen MR) is 54.6 cm³/mol. The molecule has 1 aromatic carbocycles. The van der Waals surface area contributed by atoms with Crippen LogP contribution in [0, 0.1) is 0 Å². The van der Waals surface area contributed by atoms with E-state index in [2.05, 4.69) is 0 Å². The summed E-state index contributed by atoms with van der Waals surface area (Å²) in [4.78, 5) is 21.6. The maximum absolute atomic E-state index is 12.0. The van der Waals surface area contributed by atoms with E-state index in [-0.39, 0.29) is 17.0 Å². The van der Waals surface area contributed by atoms with Crippen molar-refractivity contribution in [1.82, 2.24) is 0 Å². The molecule has 0 aromatic heterocycles. The number of hydrogen-bond donors (Lipinski definition) is 2. The van der Waals surface area contributed by atoms with Crippen molar-refractivity contribution in [3.8, 4) is 5.75 Å². The molecule has 0 aliphatic rings. The van der Waals surface area contributed by atoms with Gasteiger partial charge in [0.2, 0.25) is 0 Å². The molecule has 0 fully saturated rings. The second-order valence-electron chi connectivity index (χ2n) is 3.01. The molecule has 0 heterocycles. The molecule has 92 valence electrons. The van der Waals surface area contributed by atoms with Crippen molar-refractivity contribution in [2.24, 2.45) is 0 Å². The number of alkyl halides is 2. The number of carbonyl (C=O) groups excluding carboxylic acids is 1. The number of nitrogens with one attached hydrogen (secondary N) is 1. The van der Waals surface area contributed by atoms with Gasteiger partial charge in [-0.1, -0.05) is 0 Å².